The summed E-state index contributed by atoms with van der Waals surface area (Å²) in [6, 6.07) is 4.10. The summed E-state index contributed by atoms with van der Waals surface area (Å²) in [5.74, 6) is -0.0720. The maximum atomic E-state index is 13.3. The van der Waals surface area contributed by atoms with Crippen molar-refractivity contribution in [2.45, 2.75) is 76.0 Å². The summed E-state index contributed by atoms with van der Waals surface area (Å²) in [5.41, 5.74) is -1.87. The minimum Gasteiger partial charge on any atom is -0.403 e. The fourth-order valence-corrected chi connectivity index (χ4v) is 3.88. The number of benzene rings is 1. The molecule has 11 heteroatoms. The second kappa shape index (κ2) is 6.38. The van der Waals surface area contributed by atoms with Gasteiger partial charge >= 0.3 is 19.5 Å². The molecule has 164 valence electrons. The van der Waals surface area contributed by atoms with Crippen LogP contribution in [0.25, 0.3) is 10.9 Å². The zero-order chi connectivity index (χ0) is 22.3. The standard InChI is InChI=1S/C19H21BF6N2O2/c1-16(2)17(3,4)30-20(29-16)13-8-12(13)10-5-6-11-14(7-10)28(9-18(21,22)23)27-15(11)19(24,25)26/h5-7,12-13H,8-9H2,1-4H3/t12?,13-/m0/s1. The van der Waals surface area contributed by atoms with Crippen LogP contribution in [-0.4, -0.2) is 34.3 Å². The number of fused-ring (bicyclic) bond motifs is 1. The molecule has 1 unspecified atom stereocenters. The van der Waals surface area contributed by atoms with Gasteiger partial charge in [0, 0.05) is 11.2 Å². The van der Waals surface area contributed by atoms with Crippen LogP contribution < -0.4 is 0 Å². The van der Waals surface area contributed by atoms with Crippen LogP contribution in [0.1, 0.15) is 51.3 Å². The lowest BCUT2D eigenvalue weighted by Crippen LogP contribution is -2.41. The molecular weight excluding hydrogens is 413 g/mol. The SMILES string of the molecule is CC1(C)OB([C@H]2CC2c2ccc3c(C(F)(F)F)nn(CC(F)(F)F)c3c2)OC1(C)C. The molecule has 2 aromatic rings. The number of hydrogen-bond donors (Lipinski definition) is 0. The van der Waals surface area contributed by atoms with E-state index < -0.39 is 42.9 Å². The Morgan fingerprint density at radius 2 is 1.67 bits per heavy atom. The molecule has 1 aliphatic carbocycles. The first-order valence-corrected chi connectivity index (χ1v) is 9.59. The monoisotopic (exact) mass is 434 g/mol. The lowest BCUT2D eigenvalue weighted by molar-refractivity contribution is -0.148. The fraction of sp³-hybridized carbons (Fsp3) is 0.632. The second-order valence-electron chi connectivity index (χ2n) is 9.03. The molecule has 4 rings (SSSR count). The van der Waals surface area contributed by atoms with Gasteiger partial charge in [0.1, 0.15) is 6.54 Å². The van der Waals surface area contributed by atoms with Crippen molar-refractivity contribution in [3.8, 4) is 0 Å². The highest BCUT2D eigenvalue weighted by molar-refractivity contribution is 6.49. The molecule has 4 nitrogen and oxygen atoms in total. The molecule has 0 radical (unpaired) electrons. The van der Waals surface area contributed by atoms with Crippen LogP contribution in [0.15, 0.2) is 18.2 Å². The summed E-state index contributed by atoms with van der Waals surface area (Å²) in [6.07, 6.45) is -8.86. The Hall–Kier alpha value is -1.75. The van der Waals surface area contributed by atoms with Crippen molar-refractivity contribution in [1.82, 2.24) is 9.78 Å². The van der Waals surface area contributed by atoms with Crippen molar-refractivity contribution in [2.75, 3.05) is 0 Å². The zero-order valence-corrected chi connectivity index (χ0v) is 16.9. The van der Waals surface area contributed by atoms with Gasteiger partial charge in [0.15, 0.2) is 5.69 Å². The maximum Gasteiger partial charge on any atom is 0.461 e. The number of hydrogen-bond acceptors (Lipinski definition) is 3. The van der Waals surface area contributed by atoms with E-state index in [0.29, 0.717) is 16.7 Å². The molecule has 0 bridgehead atoms. The van der Waals surface area contributed by atoms with Crippen molar-refractivity contribution in [3.63, 3.8) is 0 Å². The lowest BCUT2D eigenvalue weighted by Gasteiger charge is -2.32. The van der Waals surface area contributed by atoms with Gasteiger partial charge < -0.3 is 9.31 Å². The van der Waals surface area contributed by atoms with E-state index in [1.54, 1.807) is 0 Å². The van der Waals surface area contributed by atoms with Crippen LogP contribution in [0.5, 0.6) is 0 Å². The van der Waals surface area contributed by atoms with Crippen molar-refractivity contribution in [2.24, 2.45) is 0 Å². The van der Waals surface area contributed by atoms with E-state index in [-0.39, 0.29) is 22.6 Å². The molecule has 30 heavy (non-hydrogen) atoms. The first-order valence-electron chi connectivity index (χ1n) is 9.59. The highest BCUT2D eigenvalue weighted by atomic mass is 19.4. The van der Waals surface area contributed by atoms with Gasteiger partial charge in [-0.3, -0.25) is 4.68 Å². The third-order valence-electron chi connectivity index (χ3n) is 6.26. The van der Waals surface area contributed by atoms with E-state index in [0.717, 1.165) is 0 Å². The van der Waals surface area contributed by atoms with Gasteiger partial charge in [0.05, 0.1) is 16.7 Å². The van der Waals surface area contributed by atoms with E-state index >= 15 is 0 Å². The molecule has 1 aromatic carbocycles. The summed E-state index contributed by atoms with van der Waals surface area (Å²) >= 11 is 0. The maximum absolute atomic E-state index is 13.3. The molecular formula is C19H21BF6N2O2. The molecule has 1 aromatic heterocycles. The number of rotatable bonds is 3. The van der Waals surface area contributed by atoms with Gasteiger partial charge in [-0.15, -0.1) is 0 Å². The summed E-state index contributed by atoms with van der Waals surface area (Å²) in [6.45, 7) is 6.10. The Morgan fingerprint density at radius 3 is 2.20 bits per heavy atom. The average molecular weight is 434 g/mol. The molecule has 2 fully saturated rings. The number of nitrogens with zero attached hydrogens (tertiary/aromatic N) is 2. The minimum atomic E-state index is -4.85. The molecule has 1 saturated heterocycles. The summed E-state index contributed by atoms with van der Waals surface area (Å²) in [4.78, 5) is 0. The Labute approximate surface area is 169 Å². The molecule has 0 N–H and O–H groups in total. The van der Waals surface area contributed by atoms with Crippen LogP contribution >= 0.6 is 0 Å². The smallest absolute Gasteiger partial charge is 0.403 e. The van der Waals surface area contributed by atoms with Crippen LogP contribution in [-0.2, 0) is 22.0 Å². The third kappa shape index (κ3) is 3.70. The molecule has 1 aliphatic heterocycles. The number of halogens is 6. The summed E-state index contributed by atoms with van der Waals surface area (Å²) in [7, 11) is -0.471. The van der Waals surface area contributed by atoms with E-state index in [9.17, 15) is 26.3 Å². The topological polar surface area (TPSA) is 36.3 Å². The predicted octanol–water partition coefficient (Wildman–Crippen LogP) is 5.57. The van der Waals surface area contributed by atoms with Crippen molar-refractivity contribution >= 4 is 18.0 Å². The van der Waals surface area contributed by atoms with Crippen LogP contribution in [0.4, 0.5) is 26.3 Å². The normalized spacial score (nSPS) is 25.9. The van der Waals surface area contributed by atoms with Crippen LogP contribution in [0.2, 0.25) is 5.82 Å². The Balaban J connectivity index is 1.65. The number of aromatic nitrogens is 2. The molecule has 0 spiro atoms. The van der Waals surface area contributed by atoms with Gasteiger partial charge in [-0.25, -0.2) is 0 Å². The predicted molar refractivity (Wildman–Crippen MR) is 98.0 cm³/mol. The number of alkyl halides is 6. The lowest BCUT2D eigenvalue weighted by atomic mass is 9.79. The van der Waals surface area contributed by atoms with Gasteiger partial charge in [-0.05, 0) is 51.7 Å². The van der Waals surface area contributed by atoms with Gasteiger partial charge in [0.25, 0.3) is 0 Å². The van der Waals surface area contributed by atoms with E-state index in [1.807, 2.05) is 27.7 Å². The first kappa shape index (κ1) is 21.5. The summed E-state index contributed by atoms with van der Waals surface area (Å²) < 4.78 is 90.9. The quantitative estimate of drug-likeness (QED) is 0.469. The van der Waals surface area contributed by atoms with Gasteiger partial charge in [-0.1, -0.05) is 12.1 Å². The molecule has 2 aliphatic rings. The summed E-state index contributed by atoms with van der Waals surface area (Å²) in [5, 5.41) is 2.88. The largest absolute Gasteiger partial charge is 0.461 e. The Morgan fingerprint density at radius 1 is 1.07 bits per heavy atom. The highest BCUT2D eigenvalue weighted by Gasteiger charge is 2.60. The van der Waals surface area contributed by atoms with E-state index in [1.165, 1.54) is 18.2 Å². The minimum absolute atomic E-state index is 0.00965. The Kier molecular flexibility index (Phi) is 4.57. The zero-order valence-electron chi connectivity index (χ0n) is 16.9. The van der Waals surface area contributed by atoms with E-state index in [2.05, 4.69) is 5.10 Å². The van der Waals surface area contributed by atoms with Crippen molar-refractivity contribution < 1.29 is 35.7 Å². The van der Waals surface area contributed by atoms with Crippen molar-refractivity contribution in [1.29, 1.82) is 0 Å². The highest BCUT2D eigenvalue weighted by Crippen LogP contribution is 2.58. The van der Waals surface area contributed by atoms with Crippen LogP contribution in [0, 0.1) is 0 Å². The molecule has 2 atom stereocenters. The second-order valence-corrected chi connectivity index (χ2v) is 9.03. The third-order valence-corrected chi connectivity index (χ3v) is 6.26. The first-order chi connectivity index (χ1) is 13.6. The molecule has 1 saturated carbocycles. The van der Waals surface area contributed by atoms with Gasteiger partial charge in [0.2, 0.25) is 0 Å². The average Bonchev–Trinajstić information content (AvgIpc) is 3.23. The van der Waals surface area contributed by atoms with Crippen molar-refractivity contribution in [3.05, 3.63) is 29.5 Å². The Bertz CT molecular complexity index is 966. The fourth-order valence-electron chi connectivity index (χ4n) is 3.88. The molecule has 0 amide bonds. The molecule has 2 heterocycles. The van der Waals surface area contributed by atoms with E-state index in [4.69, 9.17) is 9.31 Å². The van der Waals surface area contributed by atoms with Crippen LogP contribution in [0.3, 0.4) is 0 Å². The van der Waals surface area contributed by atoms with Gasteiger partial charge in [-0.2, -0.15) is 31.4 Å².